The monoisotopic (exact) mass is 470 g/mol. The first-order valence-corrected chi connectivity index (χ1v) is 9.77. The van der Waals surface area contributed by atoms with E-state index in [1.54, 1.807) is 30.3 Å². The number of benzene rings is 3. The molecule has 0 radical (unpaired) electrons. The number of alkyl halides is 3. The van der Waals surface area contributed by atoms with Crippen molar-refractivity contribution in [2.75, 3.05) is 16.8 Å². The molecule has 0 spiro atoms. The van der Waals surface area contributed by atoms with Crippen molar-refractivity contribution in [2.45, 2.75) is 12.3 Å². The molecule has 3 rings (SSSR count). The van der Waals surface area contributed by atoms with Crippen LogP contribution in [0.4, 0.5) is 35.9 Å². The summed E-state index contributed by atoms with van der Waals surface area (Å²) in [5, 5.41) is 32.5. The molecule has 34 heavy (non-hydrogen) atoms. The average molecular weight is 470 g/mol. The Morgan fingerprint density at radius 3 is 2.26 bits per heavy atom. The van der Waals surface area contributed by atoms with Gasteiger partial charge in [-0.1, -0.05) is 18.2 Å². The van der Waals surface area contributed by atoms with Crippen molar-refractivity contribution in [3.63, 3.8) is 0 Å². The fourth-order valence-electron chi connectivity index (χ4n) is 3.16. The third kappa shape index (κ3) is 5.67. The van der Waals surface area contributed by atoms with Gasteiger partial charge in [-0.3, -0.25) is 14.9 Å². The van der Waals surface area contributed by atoms with Gasteiger partial charge in [-0.15, -0.1) is 0 Å². The van der Waals surface area contributed by atoms with Gasteiger partial charge < -0.3 is 15.3 Å². The lowest BCUT2D eigenvalue weighted by Crippen LogP contribution is -2.38. The molecule has 3 aromatic carbocycles. The van der Waals surface area contributed by atoms with Crippen molar-refractivity contribution in [1.82, 2.24) is 0 Å². The molecule has 1 amide bonds. The van der Waals surface area contributed by atoms with Crippen molar-refractivity contribution in [2.24, 2.45) is 0 Å². The van der Waals surface area contributed by atoms with Crippen LogP contribution >= 0.6 is 0 Å². The molecule has 1 atom stereocenters. The molecule has 0 saturated heterocycles. The number of halogens is 3. The van der Waals surface area contributed by atoms with Crippen LogP contribution in [0, 0.1) is 21.4 Å². The van der Waals surface area contributed by atoms with E-state index < -0.39 is 34.2 Å². The number of rotatable bonds is 7. The van der Waals surface area contributed by atoms with Gasteiger partial charge in [0.05, 0.1) is 28.7 Å². The number of nitriles is 1. The van der Waals surface area contributed by atoms with Crippen LogP contribution in [-0.2, 0) is 11.0 Å². The second-order valence-electron chi connectivity index (χ2n) is 7.09. The van der Waals surface area contributed by atoms with E-state index in [4.69, 9.17) is 5.26 Å². The molecule has 11 heteroatoms. The fraction of sp³-hybridized carbons (Fsp3) is 0.130. The average Bonchev–Trinajstić information content (AvgIpc) is 2.82. The molecule has 1 unspecified atom stereocenters. The summed E-state index contributed by atoms with van der Waals surface area (Å²) in [6, 6.07) is 18.2. The number of amides is 1. The lowest BCUT2D eigenvalue weighted by molar-refractivity contribution is -0.384. The molecule has 0 saturated carbocycles. The van der Waals surface area contributed by atoms with Gasteiger partial charge in [0, 0.05) is 29.2 Å². The Morgan fingerprint density at radius 2 is 1.71 bits per heavy atom. The smallest absolute Gasteiger partial charge is 0.381 e. The number of nitrogens with zero attached hydrogens (tertiary/aromatic N) is 3. The topological polar surface area (TPSA) is 120 Å². The number of anilines is 3. The minimum Gasteiger partial charge on any atom is -0.381 e. The number of carbonyl (C=O) groups is 1. The maximum absolute atomic E-state index is 13.2. The summed E-state index contributed by atoms with van der Waals surface area (Å²) in [4.78, 5) is 24.4. The second-order valence-corrected chi connectivity index (χ2v) is 7.09. The van der Waals surface area contributed by atoms with Crippen molar-refractivity contribution in [1.29, 1.82) is 5.26 Å². The van der Waals surface area contributed by atoms with Gasteiger partial charge in [-0.05, 0) is 42.5 Å². The summed E-state index contributed by atoms with van der Waals surface area (Å²) in [6.07, 6.45) is -6.48. The summed E-state index contributed by atoms with van der Waals surface area (Å²) >= 11 is 0. The molecule has 0 aliphatic rings. The SMILES string of the molecule is N#Cc1ccc(NC(=O)C(O)CN(c2ccccc2)c2ccc([N+](=O)[O-])cc2)cc1C(F)(F)F. The van der Waals surface area contributed by atoms with Crippen LogP contribution in [0.15, 0.2) is 72.8 Å². The first kappa shape index (κ1) is 24.2. The minimum absolute atomic E-state index is 0.142. The summed E-state index contributed by atoms with van der Waals surface area (Å²) < 4.78 is 39.5. The predicted octanol–water partition coefficient (Wildman–Crippen LogP) is 4.62. The van der Waals surface area contributed by atoms with Crippen LogP contribution < -0.4 is 10.2 Å². The Morgan fingerprint density at radius 1 is 1.09 bits per heavy atom. The molecule has 0 heterocycles. The number of nitro benzene ring substituents is 1. The van der Waals surface area contributed by atoms with Gasteiger partial charge in [-0.25, -0.2) is 0 Å². The van der Waals surface area contributed by atoms with Crippen LogP contribution in [-0.4, -0.2) is 28.6 Å². The van der Waals surface area contributed by atoms with Crippen LogP contribution in [0.2, 0.25) is 0 Å². The molecule has 8 nitrogen and oxygen atoms in total. The van der Waals surface area contributed by atoms with E-state index in [-0.39, 0.29) is 17.9 Å². The highest BCUT2D eigenvalue weighted by molar-refractivity contribution is 5.94. The number of nitro groups is 1. The molecule has 0 bridgehead atoms. The first-order valence-electron chi connectivity index (χ1n) is 9.77. The molecule has 0 aliphatic carbocycles. The Kier molecular flexibility index (Phi) is 7.13. The van der Waals surface area contributed by atoms with Crippen LogP contribution in [0.3, 0.4) is 0 Å². The largest absolute Gasteiger partial charge is 0.417 e. The standard InChI is InChI=1S/C23H17F3N4O4/c24-23(25,26)20-12-16(7-6-15(20)13-27)28-22(32)21(31)14-29(17-4-2-1-3-5-17)18-8-10-19(11-9-18)30(33)34/h1-12,21,31H,14H2,(H,28,32). The van der Waals surface area contributed by atoms with E-state index in [2.05, 4.69) is 5.32 Å². The normalized spacial score (nSPS) is 11.9. The van der Waals surface area contributed by atoms with Crippen molar-refractivity contribution < 1.29 is 28.0 Å². The predicted molar refractivity (Wildman–Crippen MR) is 117 cm³/mol. The quantitative estimate of drug-likeness (QED) is 0.384. The van der Waals surface area contributed by atoms with E-state index in [1.165, 1.54) is 35.2 Å². The lowest BCUT2D eigenvalue weighted by Gasteiger charge is -2.27. The van der Waals surface area contributed by atoms with Gasteiger partial charge in [0.2, 0.25) is 0 Å². The molecule has 0 aromatic heterocycles. The van der Waals surface area contributed by atoms with Crippen LogP contribution in [0.1, 0.15) is 11.1 Å². The zero-order chi connectivity index (χ0) is 24.9. The maximum Gasteiger partial charge on any atom is 0.417 e. The third-order valence-electron chi connectivity index (χ3n) is 4.81. The van der Waals surface area contributed by atoms with Gasteiger partial charge in [0.25, 0.3) is 11.6 Å². The molecular formula is C23H17F3N4O4. The molecule has 3 aromatic rings. The number of hydrogen-bond donors (Lipinski definition) is 2. The molecular weight excluding hydrogens is 453 g/mol. The van der Waals surface area contributed by atoms with Crippen LogP contribution in [0.25, 0.3) is 0 Å². The lowest BCUT2D eigenvalue weighted by atomic mass is 10.1. The minimum atomic E-state index is -4.80. The van der Waals surface area contributed by atoms with E-state index in [9.17, 15) is 33.2 Å². The zero-order valence-corrected chi connectivity index (χ0v) is 17.4. The van der Waals surface area contributed by atoms with Gasteiger partial charge >= 0.3 is 6.18 Å². The highest BCUT2D eigenvalue weighted by atomic mass is 19.4. The second kappa shape index (κ2) is 10.0. The summed E-state index contributed by atoms with van der Waals surface area (Å²) in [7, 11) is 0. The summed E-state index contributed by atoms with van der Waals surface area (Å²) in [5.74, 6) is -0.972. The van der Waals surface area contributed by atoms with Gasteiger partial charge in [-0.2, -0.15) is 18.4 Å². The Labute approximate surface area is 191 Å². The maximum atomic E-state index is 13.2. The Balaban J connectivity index is 1.83. The third-order valence-corrected chi connectivity index (χ3v) is 4.81. The Hall–Kier alpha value is -4.43. The zero-order valence-electron chi connectivity index (χ0n) is 17.4. The Bertz CT molecular complexity index is 1230. The molecule has 0 aliphatic heterocycles. The molecule has 0 fully saturated rings. The van der Waals surface area contributed by atoms with Crippen molar-refractivity contribution >= 4 is 28.7 Å². The number of non-ortho nitro benzene ring substituents is 1. The highest BCUT2D eigenvalue weighted by Crippen LogP contribution is 2.33. The van der Waals surface area contributed by atoms with E-state index in [0.717, 1.165) is 12.1 Å². The summed E-state index contributed by atoms with van der Waals surface area (Å²) in [5.41, 5.74) is -1.17. The molecule has 174 valence electrons. The number of nitrogens with one attached hydrogen (secondary N) is 1. The fourth-order valence-corrected chi connectivity index (χ4v) is 3.16. The number of aliphatic hydroxyl groups excluding tert-OH is 1. The number of para-hydroxylation sites is 1. The molecule has 2 N–H and O–H groups in total. The first-order chi connectivity index (χ1) is 16.1. The van der Waals surface area contributed by atoms with Gasteiger partial charge in [0.15, 0.2) is 6.10 Å². The highest BCUT2D eigenvalue weighted by Gasteiger charge is 2.34. The summed E-state index contributed by atoms with van der Waals surface area (Å²) in [6.45, 7) is -0.296. The van der Waals surface area contributed by atoms with Crippen molar-refractivity contribution in [3.05, 3.63) is 94.0 Å². The van der Waals surface area contributed by atoms with Gasteiger partial charge in [0.1, 0.15) is 0 Å². The van der Waals surface area contributed by atoms with Crippen molar-refractivity contribution in [3.8, 4) is 6.07 Å². The number of aliphatic hydroxyl groups is 1. The number of hydrogen-bond acceptors (Lipinski definition) is 6. The van der Waals surface area contributed by atoms with E-state index in [1.807, 2.05) is 0 Å². The van der Waals surface area contributed by atoms with E-state index >= 15 is 0 Å². The van der Waals surface area contributed by atoms with Crippen LogP contribution in [0.5, 0.6) is 0 Å². The number of carbonyl (C=O) groups excluding carboxylic acids is 1. The van der Waals surface area contributed by atoms with E-state index in [0.29, 0.717) is 17.4 Å².